The van der Waals surface area contributed by atoms with E-state index < -0.39 is 18.3 Å². The Balaban J connectivity index is 1.36. The molecule has 5 rings (SSSR count). The summed E-state index contributed by atoms with van der Waals surface area (Å²) in [5.41, 5.74) is 3.09. The fourth-order valence-corrected chi connectivity index (χ4v) is 6.67. The number of rotatable bonds is 6. The van der Waals surface area contributed by atoms with E-state index in [0.29, 0.717) is 19.0 Å². The highest BCUT2D eigenvalue weighted by Gasteiger charge is 2.51. The van der Waals surface area contributed by atoms with Gasteiger partial charge in [-0.1, -0.05) is 68.4 Å². The third-order valence-corrected chi connectivity index (χ3v) is 8.76. The molecular formula is C31H38FN3O3. The number of halogens is 1. The number of carbonyl (C=O) groups is 3. The number of nitrogens with one attached hydrogen (secondary N) is 1. The van der Waals surface area contributed by atoms with Gasteiger partial charge in [-0.25, -0.2) is 4.39 Å². The first-order valence-electron chi connectivity index (χ1n) is 13.9. The van der Waals surface area contributed by atoms with Crippen molar-refractivity contribution in [1.82, 2.24) is 15.1 Å². The SMILES string of the molecule is CC(=O)N1C[C@H]2CC[C@@H](C1)C2C(=O)N1C[C@H](F)C[C@H]1C(=O)N[C@@H](c1ccccc1)c1ccc(C(C)C)cc1. The number of piperidine rings is 1. The van der Waals surface area contributed by atoms with Crippen molar-refractivity contribution in [2.45, 2.75) is 64.2 Å². The lowest BCUT2D eigenvalue weighted by Crippen LogP contribution is -2.53. The topological polar surface area (TPSA) is 69.7 Å². The summed E-state index contributed by atoms with van der Waals surface area (Å²) < 4.78 is 14.8. The predicted molar refractivity (Wildman–Crippen MR) is 144 cm³/mol. The molecule has 38 heavy (non-hydrogen) atoms. The number of fused-ring (bicyclic) bond motifs is 2. The Morgan fingerprint density at radius 1 is 0.868 bits per heavy atom. The summed E-state index contributed by atoms with van der Waals surface area (Å²) in [6.07, 6.45) is 0.548. The van der Waals surface area contributed by atoms with Crippen LogP contribution in [0.4, 0.5) is 4.39 Å². The van der Waals surface area contributed by atoms with E-state index >= 15 is 0 Å². The molecule has 2 heterocycles. The molecule has 3 amide bonds. The van der Waals surface area contributed by atoms with Gasteiger partial charge in [0, 0.05) is 32.4 Å². The molecule has 7 heteroatoms. The maximum absolute atomic E-state index is 14.8. The van der Waals surface area contributed by atoms with Crippen molar-refractivity contribution >= 4 is 17.7 Å². The number of amides is 3. The highest BCUT2D eigenvalue weighted by molar-refractivity contribution is 5.90. The maximum atomic E-state index is 14.8. The largest absolute Gasteiger partial charge is 0.343 e. The molecule has 6 atom stereocenters. The zero-order chi connectivity index (χ0) is 27.0. The minimum atomic E-state index is -1.23. The Hall–Kier alpha value is -3.22. The van der Waals surface area contributed by atoms with Crippen molar-refractivity contribution in [1.29, 1.82) is 0 Å². The van der Waals surface area contributed by atoms with E-state index in [4.69, 9.17) is 0 Å². The first kappa shape index (κ1) is 26.4. The summed E-state index contributed by atoms with van der Waals surface area (Å²) in [5, 5.41) is 3.16. The number of hydrogen-bond donors (Lipinski definition) is 1. The van der Waals surface area contributed by atoms with Gasteiger partial charge < -0.3 is 15.1 Å². The van der Waals surface area contributed by atoms with Gasteiger partial charge in [-0.05, 0) is 47.3 Å². The smallest absolute Gasteiger partial charge is 0.243 e. The Kier molecular flexibility index (Phi) is 7.55. The lowest BCUT2D eigenvalue weighted by atomic mass is 9.83. The lowest BCUT2D eigenvalue weighted by Gasteiger charge is -2.39. The number of hydrogen-bond acceptors (Lipinski definition) is 3. The van der Waals surface area contributed by atoms with Crippen LogP contribution in [-0.4, -0.2) is 59.4 Å². The predicted octanol–water partition coefficient (Wildman–Crippen LogP) is 4.46. The second-order valence-corrected chi connectivity index (χ2v) is 11.6. The third-order valence-electron chi connectivity index (χ3n) is 8.76. The van der Waals surface area contributed by atoms with Gasteiger partial charge in [0.2, 0.25) is 17.7 Å². The van der Waals surface area contributed by atoms with Gasteiger partial charge in [-0.3, -0.25) is 14.4 Å². The molecule has 2 aromatic rings. The first-order valence-corrected chi connectivity index (χ1v) is 13.9. The number of carbonyl (C=O) groups excluding carboxylic acids is 3. The van der Waals surface area contributed by atoms with Crippen molar-refractivity contribution in [3.05, 3.63) is 71.3 Å². The van der Waals surface area contributed by atoms with E-state index in [1.165, 1.54) is 10.5 Å². The molecule has 202 valence electrons. The maximum Gasteiger partial charge on any atom is 0.243 e. The van der Waals surface area contributed by atoms with E-state index in [1.54, 1.807) is 6.92 Å². The summed E-state index contributed by atoms with van der Waals surface area (Å²) in [4.78, 5) is 42.8. The van der Waals surface area contributed by atoms with Gasteiger partial charge >= 0.3 is 0 Å². The Morgan fingerprint density at radius 2 is 1.45 bits per heavy atom. The molecule has 1 unspecified atom stereocenters. The van der Waals surface area contributed by atoms with Gasteiger partial charge in [0.1, 0.15) is 12.2 Å². The number of benzene rings is 2. The van der Waals surface area contributed by atoms with E-state index in [2.05, 4.69) is 31.3 Å². The second kappa shape index (κ2) is 10.9. The fourth-order valence-electron chi connectivity index (χ4n) is 6.67. The summed E-state index contributed by atoms with van der Waals surface area (Å²) >= 11 is 0. The third kappa shape index (κ3) is 5.20. The number of likely N-dealkylation sites (tertiary alicyclic amines) is 2. The summed E-state index contributed by atoms with van der Waals surface area (Å²) in [6, 6.07) is 16.7. The summed E-state index contributed by atoms with van der Waals surface area (Å²) in [7, 11) is 0. The van der Waals surface area contributed by atoms with Crippen LogP contribution in [0.5, 0.6) is 0 Å². The molecule has 2 bridgehead atoms. The Bertz CT molecular complexity index is 1150. The van der Waals surface area contributed by atoms with Crippen LogP contribution >= 0.6 is 0 Å². The summed E-state index contributed by atoms with van der Waals surface area (Å²) in [6.45, 7) is 6.92. The molecule has 2 aromatic carbocycles. The second-order valence-electron chi connectivity index (χ2n) is 11.6. The molecule has 3 fully saturated rings. The van der Waals surface area contributed by atoms with E-state index in [-0.39, 0.29) is 48.4 Å². The normalized spacial score (nSPS) is 27.4. The molecule has 1 aliphatic carbocycles. The fraction of sp³-hybridized carbons (Fsp3) is 0.516. The van der Waals surface area contributed by atoms with Crippen molar-refractivity contribution < 1.29 is 18.8 Å². The van der Waals surface area contributed by atoms with Gasteiger partial charge in [0.15, 0.2) is 0 Å². The Morgan fingerprint density at radius 3 is 2.03 bits per heavy atom. The molecule has 2 aliphatic heterocycles. The zero-order valence-corrected chi connectivity index (χ0v) is 22.5. The molecule has 2 saturated heterocycles. The van der Waals surface area contributed by atoms with Gasteiger partial charge in [0.05, 0.1) is 12.6 Å². The van der Waals surface area contributed by atoms with Crippen LogP contribution in [0.15, 0.2) is 54.6 Å². The van der Waals surface area contributed by atoms with Gasteiger partial charge in [-0.2, -0.15) is 0 Å². The van der Waals surface area contributed by atoms with E-state index in [0.717, 1.165) is 24.0 Å². The van der Waals surface area contributed by atoms with E-state index in [9.17, 15) is 18.8 Å². The summed E-state index contributed by atoms with van der Waals surface area (Å²) in [5.74, 6) is -0.130. The number of alkyl halides is 1. The van der Waals surface area contributed by atoms with Crippen molar-refractivity contribution in [2.75, 3.05) is 19.6 Å². The van der Waals surface area contributed by atoms with Gasteiger partial charge in [0.25, 0.3) is 0 Å². The minimum Gasteiger partial charge on any atom is -0.343 e. The molecular weight excluding hydrogens is 481 g/mol. The van der Waals surface area contributed by atoms with Crippen LogP contribution in [0.2, 0.25) is 0 Å². The van der Waals surface area contributed by atoms with Crippen molar-refractivity contribution in [3.8, 4) is 0 Å². The van der Waals surface area contributed by atoms with Gasteiger partial charge in [-0.15, -0.1) is 0 Å². The molecule has 0 radical (unpaired) electrons. The highest BCUT2D eigenvalue weighted by Crippen LogP contribution is 2.44. The van der Waals surface area contributed by atoms with Crippen molar-refractivity contribution in [3.63, 3.8) is 0 Å². The van der Waals surface area contributed by atoms with Crippen LogP contribution in [0, 0.1) is 17.8 Å². The minimum absolute atomic E-state index is 0.00694. The standard InChI is InChI=1S/C31H38FN3O3/c1-19(2)21-9-11-23(12-10-21)29(22-7-5-4-6-8-22)33-30(37)27-15-26(32)18-35(27)31(38)28-24-13-14-25(28)17-34(16-24)20(3)36/h4-12,19,24-29H,13-18H2,1-3H3,(H,33,37)/t24-,25+,26-,27+,28?,29+/m1/s1. The first-order chi connectivity index (χ1) is 18.2. The quantitative estimate of drug-likeness (QED) is 0.613. The number of nitrogens with zero attached hydrogens (tertiary/aromatic N) is 2. The van der Waals surface area contributed by atoms with Crippen LogP contribution in [-0.2, 0) is 14.4 Å². The highest BCUT2D eigenvalue weighted by atomic mass is 19.1. The van der Waals surface area contributed by atoms with Crippen LogP contribution in [0.3, 0.4) is 0 Å². The molecule has 1 saturated carbocycles. The molecule has 1 N–H and O–H groups in total. The Labute approximate surface area is 224 Å². The van der Waals surface area contributed by atoms with Crippen LogP contribution in [0.25, 0.3) is 0 Å². The molecule has 3 aliphatic rings. The molecule has 0 spiro atoms. The molecule has 0 aromatic heterocycles. The lowest BCUT2D eigenvalue weighted by molar-refractivity contribution is -0.147. The van der Waals surface area contributed by atoms with Crippen molar-refractivity contribution in [2.24, 2.45) is 17.8 Å². The zero-order valence-electron chi connectivity index (χ0n) is 22.5. The van der Waals surface area contributed by atoms with E-state index in [1.807, 2.05) is 47.4 Å². The monoisotopic (exact) mass is 519 g/mol. The van der Waals surface area contributed by atoms with Crippen LogP contribution in [0.1, 0.15) is 68.7 Å². The van der Waals surface area contributed by atoms with Crippen LogP contribution < -0.4 is 5.32 Å². The molecule has 6 nitrogen and oxygen atoms in total. The average Bonchev–Trinajstić information content (AvgIpc) is 3.43. The average molecular weight is 520 g/mol.